The average Bonchev–Trinajstić information content (AvgIpc) is 2.95. The van der Waals surface area contributed by atoms with Crippen LogP contribution in [-0.2, 0) is 13.1 Å². The van der Waals surface area contributed by atoms with Gasteiger partial charge in [-0.3, -0.25) is 0 Å². The first-order valence-electron chi connectivity index (χ1n) is 5.52. The number of hydrogen-bond acceptors (Lipinski definition) is 2. The predicted molar refractivity (Wildman–Crippen MR) is 69.4 cm³/mol. The fourth-order valence-electron chi connectivity index (χ4n) is 1.01. The Kier molecular flexibility index (Phi) is 9.25. The van der Waals surface area contributed by atoms with Crippen molar-refractivity contribution in [1.82, 2.24) is 0 Å². The van der Waals surface area contributed by atoms with Crippen molar-refractivity contribution in [1.29, 1.82) is 0 Å². The predicted octanol–water partition coefficient (Wildman–Crippen LogP) is 3.68. The second kappa shape index (κ2) is 9.77. The van der Waals surface area contributed by atoms with E-state index >= 15 is 0 Å². The third kappa shape index (κ3) is 18.8. The molecule has 14 heteroatoms. The maximum Gasteiger partial charge on any atom is 0.673 e. The number of rotatable bonds is 3. The smallest absolute Gasteiger partial charge is 0.418 e. The molecule has 2 heterocycles. The molecule has 0 aliphatic rings. The van der Waals surface area contributed by atoms with Crippen LogP contribution >= 0.6 is 22.7 Å². The second-order valence-electron chi connectivity index (χ2n) is 3.52. The van der Waals surface area contributed by atoms with Gasteiger partial charge in [0.25, 0.3) is 0 Å². The van der Waals surface area contributed by atoms with Crippen LogP contribution in [0.4, 0.5) is 34.5 Å². The molecule has 2 aromatic heterocycles. The van der Waals surface area contributed by atoms with Crippen molar-refractivity contribution in [3.63, 3.8) is 0 Å². The number of aryl methyl sites for hydroxylation is 2. The van der Waals surface area contributed by atoms with Gasteiger partial charge in [0, 0.05) is 0 Å². The zero-order valence-electron chi connectivity index (χ0n) is 10.8. The van der Waals surface area contributed by atoms with E-state index in [1.54, 1.807) is 22.7 Å². The van der Waals surface area contributed by atoms with E-state index in [0.717, 1.165) is 13.1 Å². The van der Waals surface area contributed by atoms with Crippen molar-refractivity contribution in [2.75, 3.05) is 0 Å². The van der Waals surface area contributed by atoms with Crippen molar-refractivity contribution >= 4 is 37.2 Å². The number of thiazole rings is 2. The summed E-state index contributed by atoms with van der Waals surface area (Å²) in [6.07, 6.45) is 4.22. The van der Waals surface area contributed by atoms with E-state index in [1.165, 1.54) is 0 Å². The van der Waals surface area contributed by atoms with E-state index in [-0.39, 0.29) is 0 Å². The van der Waals surface area contributed by atoms with Gasteiger partial charge in [0.15, 0.2) is 12.4 Å². The van der Waals surface area contributed by atoms with Crippen molar-refractivity contribution in [3.05, 3.63) is 34.2 Å². The van der Waals surface area contributed by atoms with E-state index in [1.807, 2.05) is 0 Å². The fraction of sp³-hybridized carbons (Fsp3) is 0.250. The number of nitrogens with zero attached hydrogens (tertiary/aromatic N) is 2. The van der Waals surface area contributed by atoms with Crippen molar-refractivity contribution in [2.24, 2.45) is 0 Å². The Morgan fingerprint density at radius 3 is 1.09 bits per heavy atom. The highest BCUT2D eigenvalue weighted by Crippen LogP contribution is 2.07. The third-order valence-corrected chi connectivity index (χ3v) is 3.01. The Balaban J connectivity index is 0.000000372. The van der Waals surface area contributed by atoms with Gasteiger partial charge in [-0.05, 0) is 0 Å². The largest absolute Gasteiger partial charge is 0.673 e. The molecule has 0 atom stereocenters. The molecule has 0 radical (unpaired) electrons. The first kappa shape index (κ1) is 20.8. The van der Waals surface area contributed by atoms with Crippen LogP contribution in [-0.4, -0.2) is 14.5 Å². The van der Waals surface area contributed by atoms with Gasteiger partial charge in [-0.2, -0.15) is 9.13 Å². The van der Waals surface area contributed by atoms with Crippen LogP contribution in [0.1, 0.15) is 0 Å². The van der Waals surface area contributed by atoms with Gasteiger partial charge in [-0.25, -0.2) is 0 Å². The monoisotopic (exact) mass is 372 g/mol. The quantitative estimate of drug-likeness (QED) is 0.441. The molecule has 0 bridgehead atoms. The van der Waals surface area contributed by atoms with E-state index in [2.05, 4.69) is 43.3 Å². The fourth-order valence-corrected chi connectivity index (χ4v) is 2.27. The van der Waals surface area contributed by atoms with Gasteiger partial charge in [-0.1, -0.05) is 22.7 Å². The molecule has 0 unspecified atom stereocenters. The van der Waals surface area contributed by atoms with Crippen LogP contribution in [0.2, 0.25) is 0 Å². The molecule has 0 aliphatic carbocycles. The lowest BCUT2D eigenvalue weighted by atomic mass is 10.3. The summed E-state index contributed by atoms with van der Waals surface area (Å²) in [4.78, 5) is 0. The summed E-state index contributed by atoms with van der Waals surface area (Å²) in [5.41, 5.74) is 4.26. The zero-order chi connectivity index (χ0) is 17.2. The summed E-state index contributed by atoms with van der Waals surface area (Å²) in [6, 6.07) is 0. The zero-order valence-corrected chi connectivity index (χ0v) is 12.4. The van der Waals surface area contributed by atoms with Crippen molar-refractivity contribution < 1.29 is 43.7 Å². The molecule has 2 rings (SSSR count). The van der Waals surface area contributed by atoms with Crippen molar-refractivity contribution in [3.8, 4) is 0 Å². The minimum absolute atomic E-state index is 1.06. The summed E-state index contributed by atoms with van der Waals surface area (Å²) < 4.78 is 82.4. The molecule has 22 heavy (non-hydrogen) atoms. The number of hydrogen-bond donors (Lipinski definition) is 0. The normalized spacial score (nSPS) is 11.1. The Hall–Kier alpha value is -1.17. The molecule has 0 aliphatic heterocycles. The molecule has 126 valence electrons. The first-order valence-corrected chi connectivity index (χ1v) is 7.41. The molecule has 0 saturated carbocycles. The molecule has 0 spiro atoms. The lowest BCUT2D eigenvalue weighted by Gasteiger charge is -1.94. The number of aromatic nitrogens is 2. The molecule has 0 saturated heterocycles. The molecule has 0 fully saturated rings. The molecule has 2 aromatic rings. The average molecular weight is 372 g/mol. The topological polar surface area (TPSA) is 7.76 Å². The van der Waals surface area contributed by atoms with Gasteiger partial charge < -0.3 is 34.5 Å². The summed E-state index contributed by atoms with van der Waals surface area (Å²) in [7, 11) is -12.0. The summed E-state index contributed by atoms with van der Waals surface area (Å²) in [5, 5.41) is 4.19. The molecule has 2 nitrogen and oxygen atoms in total. The minimum Gasteiger partial charge on any atom is -0.418 e. The second-order valence-corrected chi connectivity index (χ2v) is 5.03. The highest BCUT2D eigenvalue weighted by molar-refractivity contribution is 7.07. The Morgan fingerprint density at radius 2 is 0.909 bits per heavy atom. The first-order chi connectivity index (χ1) is 9.95. The molecule has 0 amide bonds. The van der Waals surface area contributed by atoms with Crippen LogP contribution in [0.5, 0.6) is 0 Å². The highest BCUT2D eigenvalue weighted by Gasteiger charge is 2.21. The van der Waals surface area contributed by atoms with E-state index < -0.39 is 14.5 Å². The lowest BCUT2D eigenvalue weighted by molar-refractivity contribution is -0.774. The van der Waals surface area contributed by atoms with Gasteiger partial charge in [0.1, 0.15) is 0 Å². The van der Waals surface area contributed by atoms with Gasteiger partial charge in [0.2, 0.25) is 24.1 Å². The molecular formula is C8H10B2F8N2S2. The third-order valence-electron chi connectivity index (χ3n) is 1.67. The summed E-state index contributed by atoms with van der Waals surface area (Å²) in [6.45, 7) is 2.12. The molecule has 0 aromatic carbocycles. The van der Waals surface area contributed by atoms with E-state index in [4.69, 9.17) is 0 Å². The van der Waals surface area contributed by atoms with Gasteiger partial charge >= 0.3 is 14.5 Å². The Labute approximate surface area is 128 Å². The van der Waals surface area contributed by atoms with Gasteiger partial charge in [0.05, 0.1) is 10.8 Å². The summed E-state index contributed by atoms with van der Waals surface area (Å²) in [5.74, 6) is 0. The van der Waals surface area contributed by atoms with E-state index in [0.29, 0.717) is 0 Å². The number of halogens is 8. The molecule has 0 N–H and O–H groups in total. The Morgan fingerprint density at radius 1 is 0.636 bits per heavy atom. The van der Waals surface area contributed by atoms with Crippen LogP contribution in [0.15, 0.2) is 34.2 Å². The lowest BCUT2D eigenvalue weighted by Crippen LogP contribution is -2.41. The highest BCUT2D eigenvalue weighted by atomic mass is 32.1. The Bertz CT molecular complexity index is 427. The maximum atomic E-state index is 9.75. The standard InChI is InChI=1S/C8H10N2S2.2BF4/c1(9-3-5-11-7-9)2-10-4-6-12-8-10;2*2-1(3,4)5/h3-8H,1-2H2;;/q+2;2*-1. The van der Waals surface area contributed by atoms with Crippen LogP contribution in [0, 0.1) is 0 Å². The van der Waals surface area contributed by atoms with Gasteiger partial charge in [-0.15, -0.1) is 0 Å². The minimum atomic E-state index is -6.00. The van der Waals surface area contributed by atoms with Crippen molar-refractivity contribution in [2.45, 2.75) is 13.1 Å². The maximum absolute atomic E-state index is 9.75. The molecular weight excluding hydrogens is 362 g/mol. The van der Waals surface area contributed by atoms with Crippen LogP contribution < -0.4 is 9.13 Å². The van der Waals surface area contributed by atoms with E-state index in [9.17, 15) is 34.5 Å². The summed E-state index contributed by atoms with van der Waals surface area (Å²) >= 11 is 3.47. The van der Waals surface area contributed by atoms with Crippen LogP contribution in [0.25, 0.3) is 0 Å². The van der Waals surface area contributed by atoms with Crippen LogP contribution in [0.3, 0.4) is 0 Å². The SMILES string of the molecule is F[B-](F)(F)F.F[B-](F)(F)F.c1c[n+](CC[n+]2ccsc2)cs1.